The van der Waals surface area contributed by atoms with Gasteiger partial charge in [-0.25, -0.2) is 0 Å². The Morgan fingerprint density at radius 1 is 1.10 bits per heavy atom. The number of aryl methyl sites for hydroxylation is 1. The van der Waals surface area contributed by atoms with Gasteiger partial charge in [0.2, 0.25) is 5.91 Å². The number of nitrogens with zero attached hydrogens (tertiary/aromatic N) is 3. The number of nitrogens with two attached hydrogens (primary N) is 1. The molecule has 2 aliphatic heterocycles. The van der Waals surface area contributed by atoms with Crippen LogP contribution in [-0.2, 0) is 16.1 Å². The smallest absolute Gasteiger partial charge is 0.264 e. The van der Waals surface area contributed by atoms with Crippen molar-refractivity contribution in [2.24, 2.45) is 5.73 Å². The van der Waals surface area contributed by atoms with Crippen molar-refractivity contribution in [1.82, 2.24) is 20.0 Å². The van der Waals surface area contributed by atoms with E-state index in [1.54, 1.807) is 0 Å². The highest BCUT2D eigenvalue weighted by Crippen LogP contribution is 2.28. The van der Waals surface area contributed by atoms with Crippen LogP contribution in [0.15, 0.2) is 41.8 Å². The Labute approximate surface area is 236 Å². The summed E-state index contributed by atoms with van der Waals surface area (Å²) in [6, 6.07) is 12.3. The fourth-order valence-electron chi connectivity index (χ4n) is 6.15. The van der Waals surface area contributed by atoms with E-state index in [0.29, 0.717) is 17.8 Å². The predicted octanol–water partition coefficient (Wildman–Crippen LogP) is 2.86. The molecule has 212 valence electrons. The first-order valence-electron chi connectivity index (χ1n) is 14.5. The lowest BCUT2D eigenvalue weighted by atomic mass is 9.91. The number of benzene rings is 1. The van der Waals surface area contributed by atoms with Gasteiger partial charge in [0, 0.05) is 57.4 Å². The third-order valence-corrected chi connectivity index (χ3v) is 9.51. The zero-order valence-corrected chi connectivity index (χ0v) is 23.9. The summed E-state index contributed by atoms with van der Waals surface area (Å²) in [6.45, 7) is 8.79. The van der Waals surface area contributed by atoms with E-state index >= 15 is 0 Å². The van der Waals surface area contributed by atoms with Gasteiger partial charge < -0.3 is 20.7 Å². The average molecular weight is 554 g/mol. The average Bonchev–Trinajstić information content (AvgIpc) is 3.65. The monoisotopic (exact) mass is 553 g/mol. The minimum Gasteiger partial charge on any atom is -0.379 e. The molecule has 0 radical (unpaired) electrons. The predicted molar refractivity (Wildman–Crippen MR) is 155 cm³/mol. The Kier molecular flexibility index (Phi) is 9.68. The molecule has 8 nitrogen and oxygen atoms in total. The highest BCUT2D eigenvalue weighted by molar-refractivity contribution is 7.12. The molecule has 2 atom stereocenters. The van der Waals surface area contributed by atoms with Gasteiger partial charge in [0.05, 0.1) is 18.1 Å². The van der Waals surface area contributed by atoms with Gasteiger partial charge in [-0.15, -0.1) is 11.3 Å². The van der Waals surface area contributed by atoms with Crippen LogP contribution in [0.2, 0.25) is 0 Å². The third kappa shape index (κ3) is 7.27. The molecule has 39 heavy (non-hydrogen) atoms. The number of morpholine rings is 1. The number of carbonyl (C=O) groups is 2. The summed E-state index contributed by atoms with van der Waals surface area (Å²) in [6.07, 6.45) is 4.32. The van der Waals surface area contributed by atoms with Gasteiger partial charge in [-0.1, -0.05) is 30.3 Å². The van der Waals surface area contributed by atoms with Crippen LogP contribution in [0.4, 0.5) is 0 Å². The maximum absolute atomic E-state index is 13.7. The summed E-state index contributed by atoms with van der Waals surface area (Å²) in [7, 11) is 0. The van der Waals surface area contributed by atoms with E-state index in [1.165, 1.54) is 22.5 Å². The normalized spacial score (nSPS) is 26.2. The number of rotatable bonds is 9. The van der Waals surface area contributed by atoms with Gasteiger partial charge in [-0.3, -0.25) is 19.4 Å². The molecule has 5 rings (SSSR count). The van der Waals surface area contributed by atoms with Crippen molar-refractivity contribution in [3.63, 3.8) is 0 Å². The van der Waals surface area contributed by atoms with E-state index in [2.05, 4.69) is 46.3 Å². The quantitative estimate of drug-likeness (QED) is 0.496. The summed E-state index contributed by atoms with van der Waals surface area (Å²) < 4.78 is 5.55. The van der Waals surface area contributed by atoms with E-state index in [-0.39, 0.29) is 29.9 Å². The molecule has 2 saturated heterocycles. The van der Waals surface area contributed by atoms with E-state index in [1.807, 2.05) is 22.4 Å². The largest absolute Gasteiger partial charge is 0.379 e. The summed E-state index contributed by atoms with van der Waals surface area (Å²) in [5, 5.41) is 5.21. The van der Waals surface area contributed by atoms with Crippen molar-refractivity contribution in [2.45, 2.75) is 69.7 Å². The zero-order valence-electron chi connectivity index (χ0n) is 23.1. The van der Waals surface area contributed by atoms with Crippen molar-refractivity contribution < 1.29 is 14.3 Å². The van der Waals surface area contributed by atoms with E-state index < -0.39 is 6.04 Å². The standard InChI is InChI=1S/C30H43N5O3S/c1-22-5-2-3-6-23(22)20-34(13-12-33-14-16-38-17-15-33)26-19-27(29(36)32-25-10-8-24(31)9-11-25)35(21-26)30(37)28-7-4-18-39-28/h2-7,18,24-27H,8-17,19-21,31H2,1H3,(H,32,36). The molecule has 0 spiro atoms. The Morgan fingerprint density at radius 2 is 1.87 bits per heavy atom. The summed E-state index contributed by atoms with van der Waals surface area (Å²) in [5.74, 6) is -0.0609. The molecule has 3 aliphatic rings. The fraction of sp³-hybridized carbons (Fsp3) is 0.600. The first-order valence-corrected chi connectivity index (χ1v) is 15.3. The SMILES string of the molecule is Cc1ccccc1CN(CCN1CCOCC1)C1CC(C(=O)NC2CCC(N)CC2)N(C(=O)c2cccs2)C1. The topological polar surface area (TPSA) is 91.1 Å². The maximum atomic E-state index is 13.7. The highest BCUT2D eigenvalue weighted by atomic mass is 32.1. The summed E-state index contributed by atoms with van der Waals surface area (Å²) in [4.78, 5) is 34.8. The van der Waals surface area contributed by atoms with Gasteiger partial charge in [-0.2, -0.15) is 0 Å². The second-order valence-corrected chi connectivity index (χ2v) is 12.3. The fourth-order valence-corrected chi connectivity index (χ4v) is 6.82. The Bertz CT molecular complexity index is 1080. The van der Waals surface area contributed by atoms with Crippen LogP contribution in [-0.4, -0.2) is 96.6 Å². The Hall–Kier alpha value is -2.30. The lowest BCUT2D eigenvalue weighted by Crippen LogP contribution is -2.50. The second-order valence-electron chi connectivity index (χ2n) is 11.3. The van der Waals surface area contributed by atoms with Crippen molar-refractivity contribution in [1.29, 1.82) is 0 Å². The molecular weight excluding hydrogens is 510 g/mol. The number of hydrogen-bond acceptors (Lipinski definition) is 7. The lowest BCUT2D eigenvalue weighted by Gasteiger charge is -2.33. The lowest BCUT2D eigenvalue weighted by molar-refractivity contribution is -0.125. The van der Waals surface area contributed by atoms with Crippen LogP contribution in [0.5, 0.6) is 0 Å². The van der Waals surface area contributed by atoms with Crippen molar-refractivity contribution in [3.8, 4) is 0 Å². The zero-order chi connectivity index (χ0) is 27.2. The van der Waals surface area contributed by atoms with Gasteiger partial charge in [-0.05, 0) is 61.6 Å². The number of amides is 2. The molecule has 1 aliphatic carbocycles. The van der Waals surface area contributed by atoms with E-state index in [4.69, 9.17) is 10.5 Å². The molecule has 1 saturated carbocycles. The molecule has 1 aromatic heterocycles. The van der Waals surface area contributed by atoms with Crippen molar-refractivity contribution >= 4 is 23.2 Å². The minimum atomic E-state index is -0.469. The number of ether oxygens (including phenoxy) is 1. The van der Waals surface area contributed by atoms with Gasteiger partial charge in [0.25, 0.3) is 5.91 Å². The molecule has 0 bridgehead atoms. The molecule has 9 heteroatoms. The van der Waals surface area contributed by atoms with Crippen LogP contribution in [0, 0.1) is 6.92 Å². The third-order valence-electron chi connectivity index (χ3n) is 8.65. The van der Waals surface area contributed by atoms with Crippen LogP contribution in [0.1, 0.15) is 52.9 Å². The molecule has 2 amide bonds. The van der Waals surface area contributed by atoms with Gasteiger partial charge in [0.1, 0.15) is 6.04 Å². The van der Waals surface area contributed by atoms with E-state index in [0.717, 1.165) is 71.6 Å². The van der Waals surface area contributed by atoms with Crippen LogP contribution in [0.3, 0.4) is 0 Å². The van der Waals surface area contributed by atoms with Crippen molar-refractivity contribution in [2.75, 3.05) is 45.9 Å². The molecule has 1 aromatic carbocycles. The summed E-state index contributed by atoms with van der Waals surface area (Å²) >= 11 is 1.44. The molecular formula is C30H43N5O3S. The number of thiophene rings is 1. The van der Waals surface area contributed by atoms with E-state index in [9.17, 15) is 9.59 Å². The molecule has 2 aromatic rings. The number of carbonyl (C=O) groups excluding carboxylic acids is 2. The van der Waals surface area contributed by atoms with Gasteiger partial charge >= 0.3 is 0 Å². The highest BCUT2D eigenvalue weighted by Gasteiger charge is 2.43. The van der Waals surface area contributed by atoms with Crippen molar-refractivity contribution in [3.05, 3.63) is 57.8 Å². The summed E-state index contributed by atoms with van der Waals surface area (Å²) in [5.41, 5.74) is 8.65. The Balaban J connectivity index is 1.34. The number of hydrogen-bond donors (Lipinski definition) is 2. The van der Waals surface area contributed by atoms with Gasteiger partial charge in [0.15, 0.2) is 0 Å². The van der Waals surface area contributed by atoms with Crippen LogP contribution < -0.4 is 11.1 Å². The minimum absolute atomic E-state index is 0.0214. The first-order chi connectivity index (χ1) is 19.0. The molecule has 3 fully saturated rings. The Morgan fingerprint density at radius 3 is 2.59 bits per heavy atom. The molecule has 2 unspecified atom stereocenters. The van der Waals surface area contributed by atoms with Crippen LogP contribution in [0.25, 0.3) is 0 Å². The number of nitrogens with one attached hydrogen (secondary N) is 1. The van der Waals surface area contributed by atoms with Crippen LogP contribution >= 0.6 is 11.3 Å². The first kappa shape index (κ1) is 28.2. The number of likely N-dealkylation sites (tertiary alicyclic amines) is 1. The maximum Gasteiger partial charge on any atom is 0.264 e. The molecule has 3 N–H and O–H groups in total. The molecule has 3 heterocycles. The second kappa shape index (κ2) is 13.4.